The molecule has 4 heterocycles. The molecule has 2 amide bonds. The fourth-order valence-corrected chi connectivity index (χ4v) is 8.23. The number of halogens is 3. The summed E-state index contributed by atoms with van der Waals surface area (Å²) in [5.74, 6) is -2.92. The van der Waals surface area contributed by atoms with E-state index in [-0.39, 0.29) is 31.3 Å². The summed E-state index contributed by atoms with van der Waals surface area (Å²) < 4.78 is 68.2. The first-order chi connectivity index (χ1) is 24.5. The van der Waals surface area contributed by atoms with Crippen molar-refractivity contribution >= 4 is 23.8 Å². The van der Waals surface area contributed by atoms with Crippen LogP contribution in [0.2, 0.25) is 0 Å². The number of methoxy groups -OCH3 is 1. The first-order valence-corrected chi connectivity index (χ1v) is 16.6. The number of nitriles is 1. The number of esters is 2. The zero-order valence-corrected chi connectivity index (χ0v) is 29.5. The number of nitrogens with one attached hydrogen (secondary N) is 2. The van der Waals surface area contributed by atoms with E-state index >= 15 is 0 Å². The molecule has 4 aliphatic heterocycles. The first-order valence-electron chi connectivity index (χ1n) is 16.6. The number of likely N-dealkylation sites (N-methyl/N-ethyl adjacent to an activating group) is 1. The fraction of sp³-hybridized carbons (Fsp3) is 0.514. The van der Waals surface area contributed by atoms with Crippen LogP contribution in [0.25, 0.3) is 0 Å². The monoisotopic (exact) mass is 729 g/mol. The van der Waals surface area contributed by atoms with Crippen molar-refractivity contribution in [3.8, 4) is 34.8 Å². The van der Waals surface area contributed by atoms with Gasteiger partial charge in [-0.2, -0.15) is 18.4 Å². The van der Waals surface area contributed by atoms with E-state index in [2.05, 4.69) is 16.3 Å². The molecule has 4 aliphatic rings. The van der Waals surface area contributed by atoms with Gasteiger partial charge in [0, 0.05) is 54.7 Å². The lowest BCUT2D eigenvalue weighted by Gasteiger charge is -2.60. The number of ether oxygens (including phenoxy) is 5. The van der Waals surface area contributed by atoms with Crippen LogP contribution in [0.15, 0.2) is 6.07 Å². The van der Waals surface area contributed by atoms with Crippen molar-refractivity contribution in [1.82, 2.24) is 20.4 Å². The number of alkyl halides is 3. The Morgan fingerprint density at radius 3 is 2.29 bits per heavy atom. The number of amides is 2. The van der Waals surface area contributed by atoms with E-state index in [0.717, 1.165) is 18.1 Å². The van der Waals surface area contributed by atoms with Crippen molar-refractivity contribution in [1.29, 1.82) is 5.26 Å². The Morgan fingerprint density at radius 2 is 1.67 bits per heavy atom. The number of carbonyl (C=O) groups is 4. The highest BCUT2D eigenvalue weighted by Gasteiger charge is 2.57. The van der Waals surface area contributed by atoms with E-state index in [9.17, 15) is 37.6 Å². The van der Waals surface area contributed by atoms with E-state index in [4.69, 9.17) is 23.7 Å². The minimum atomic E-state index is -5.20. The second kappa shape index (κ2) is 13.5. The highest BCUT2D eigenvalue weighted by molar-refractivity contribution is 5.89. The molecule has 278 valence electrons. The molecule has 0 spiro atoms. The van der Waals surface area contributed by atoms with Crippen LogP contribution in [-0.4, -0.2) is 91.4 Å². The van der Waals surface area contributed by atoms with E-state index in [0.29, 0.717) is 45.9 Å². The van der Waals surface area contributed by atoms with Crippen molar-refractivity contribution in [3.63, 3.8) is 0 Å². The molecule has 0 aliphatic carbocycles. The highest BCUT2D eigenvalue weighted by Crippen LogP contribution is 2.58. The molecule has 2 N–H and O–H groups in total. The quantitative estimate of drug-likeness (QED) is 0.316. The minimum absolute atomic E-state index is 0.164. The molecule has 1 fully saturated rings. The molecule has 6 rings (SSSR count). The average Bonchev–Trinajstić information content (AvgIpc) is 3.55. The number of hydrogen-bond donors (Lipinski definition) is 2. The van der Waals surface area contributed by atoms with Gasteiger partial charge in [0.15, 0.2) is 23.0 Å². The number of piperazine rings is 1. The molecular formula is C35H38F3N5O9. The predicted octanol–water partition coefficient (Wildman–Crippen LogP) is 2.85. The van der Waals surface area contributed by atoms with Gasteiger partial charge in [-0.1, -0.05) is 6.07 Å². The van der Waals surface area contributed by atoms with Gasteiger partial charge < -0.3 is 34.3 Å². The van der Waals surface area contributed by atoms with Gasteiger partial charge in [0.05, 0.1) is 25.3 Å². The lowest BCUT2D eigenvalue weighted by molar-refractivity contribution is -0.174. The summed E-state index contributed by atoms with van der Waals surface area (Å²) in [7, 11) is 3.35. The summed E-state index contributed by atoms with van der Waals surface area (Å²) in [6, 6.07) is -0.406. The van der Waals surface area contributed by atoms with Gasteiger partial charge in [0.25, 0.3) is 0 Å². The summed E-state index contributed by atoms with van der Waals surface area (Å²) in [6.45, 7) is 6.78. The molecule has 0 saturated carbocycles. The van der Waals surface area contributed by atoms with E-state index in [1.54, 1.807) is 12.2 Å². The topological polar surface area (TPSA) is 169 Å². The molecule has 52 heavy (non-hydrogen) atoms. The molecule has 6 atom stereocenters. The summed E-state index contributed by atoms with van der Waals surface area (Å²) in [4.78, 5) is 53.9. The molecule has 2 aromatic carbocycles. The molecule has 0 radical (unpaired) electrons. The number of aryl methyl sites for hydroxylation is 1. The first kappa shape index (κ1) is 36.7. The van der Waals surface area contributed by atoms with Crippen LogP contribution in [0, 0.1) is 25.2 Å². The van der Waals surface area contributed by atoms with Gasteiger partial charge in [-0.15, -0.1) is 0 Å². The van der Waals surface area contributed by atoms with Crippen molar-refractivity contribution in [2.75, 3.05) is 27.5 Å². The molecule has 2 aromatic rings. The van der Waals surface area contributed by atoms with Gasteiger partial charge in [0.2, 0.25) is 12.7 Å². The summed E-state index contributed by atoms with van der Waals surface area (Å²) in [5, 5.41) is 15.2. The Kier molecular flexibility index (Phi) is 9.51. The minimum Gasteiger partial charge on any atom is -0.493 e. The maximum absolute atomic E-state index is 13.3. The van der Waals surface area contributed by atoms with Crippen molar-refractivity contribution in [3.05, 3.63) is 39.4 Å². The summed E-state index contributed by atoms with van der Waals surface area (Å²) in [5.41, 5.74) is 3.76. The SMILES string of the molecule is COc1c(C)cc2c(c1OC(C)=O)C1C3Cc4c(OC(C)=O)c(C)c5c(c4[C@H](CNC(=O)[C@@H](C)NC(=O)C(F)(F)F)N3[C@@H](C#N)[C@@H](C2)N1C)OCO5. The Bertz CT molecular complexity index is 1910. The number of carbonyl (C=O) groups excluding carboxylic acids is 4. The molecule has 17 heteroatoms. The van der Waals surface area contributed by atoms with Crippen molar-refractivity contribution in [2.24, 2.45) is 0 Å². The normalized spacial score (nSPS) is 23.6. The van der Waals surface area contributed by atoms with Gasteiger partial charge in [-0.3, -0.25) is 29.0 Å². The molecule has 2 unspecified atom stereocenters. The number of nitrogens with zero attached hydrogens (tertiary/aromatic N) is 3. The van der Waals surface area contributed by atoms with Crippen LogP contribution in [0.1, 0.15) is 66.2 Å². The summed E-state index contributed by atoms with van der Waals surface area (Å²) >= 11 is 0. The fourth-order valence-electron chi connectivity index (χ4n) is 8.23. The number of fused-ring (bicyclic) bond motifs is 9. The van der Waals surface area contributed by atoms with Gasteiger partial charge in [-0.05, 0) is 51.8 Å². The molecule has 2 bridgehead atoms. The average molecular weight is 730 g/mol. The Hall–Kier alpha value is -5.08. The smallest absolute Gasteiger partial charge is 0.471 e. The maximum Gasteiger partial charge on any atom is 0.471 e. The number of rotatable bonds is 7. The molecule has 14 nitrogen and oxygen atoms in total. The van der Waals surface area contributed by atoms with Gasteiger partial charge in [-0.25, -0.2) is 0 Å². The standard InChI is InChI=1S/C35H38F3N5O9/c1-14-8-19-9-21-23(11-39)43-22(27(42(21)6)25(19)32(28(14)48-7)52-18(5)45)10-20-26(31-30(49-13-50-31)15(2)29(20)51-17(4)44)24(43)12-40-33(46)16(3)41-34(47)35(36,37)38/h8,16,21-24,27H,9-10,12-13H2,1-7H3,(H,40,46)(H,41,47)/t16-,21-,22?,23+,24+,27?/m1/s1. The molecule has 0 aromatic heterocycles. The Morgan fingerprint density at radius 1 is 1.02 bits per heavy atom. The molecule has 1 saturated heterocycles. The van der Waals surface area contributed by atoms with E-state index in [1.807, 2.05) is 24.9 Å². The van der Waals surface area contributed by atoms with E-state index in [1.165, 1.54) is 21.0 Å². The maximum atomic E-state index is 13.3. The lowest BCUT2D eigenvalue weighted by atomic mass is 9.71. The van der Waals surface area contributed by atoms with Crippen molar-refractivity contribution < 1.29 is 56.0 Å². The Labute approximate surface area is 297 Å². The zero-order chi connectivity index (χ0) is 38.0. The van der Waals surface area contributed by atoms with Crippen LogP contribution in [0.5, 0.6) is 28.7 Å². The summed E-state index contributed by atoms with van der Waals surface area (Å²) in [6.07, 6.45) is -4.64. The second-order valence-electron chi connectivity index (χ2n) is 13.4. The lowest BCUT2D eigenvalue weighted by Crippen LogP contribution is -2.69. The van der Waals surface area contributed by atoms with Gasteiger partial charge in [0.1, 0.15) is 17.8 Å². The predicted molar refractivity (Wildman–Crippen MR) is 174 cm³/mol. The van der Waals surface area contributed by atoms with Crippen LogP contribution in [-0.2, 0) is 32.0 Å². The van der Waals surface area contributed by atoms with Gasteiger partial charge >= 0.3 is 24.0 Å². The Balaban J connectivity index is 1.55. The highest BCUT2D eigenvalue weighted by atomic mass is 19.4. The van der Waals surface area contributed by atoms with Crippen LogP contribution in [0.4, 0.5) is 13.2 Å². The van der Waals surface area contributed by atoms with Crippen molar-refractivity contribution in [2.45, 2.75) is 89.9 Å². The third kappa shape index (κ3) is 6.03. The largest absolute Gasteiger partial charge is 0.493 e. The third-order valence-corrected chi connectivity index (χ3v) is 10.2. The zero-order valence-electron chi connectivity index (χ0n) is 29.5. The van der Waals surface area contributed by atoms with Crippen LogP contribution < -0.4 is 34.3 Å². The van der Waals surface area contributed by atoms with Crippen LogP contribution >= 0.6 is 0 Å². The second-order valence-corrected chi connectivity index (χ2v) is 13.4. The third-order valence-electron chi connectivity index (χ3n) is 10.2. The van der Waals surface area contributed by atoms with E-state index < -0.39 is 66.2 Å². The molecular weight excluding hydrogens is 691 g/mol. The van der Waals surface area contributed by atoms with Crippen LogP contribution in [0.3, 0.4) is 0 Å². The number of hydrogen-bond acceptors (Lipinski definition) is 12. The number of benzene rings is 2.